The van der Waals surface area contributed by atoms with Crippen molar-refractivity contribution in [1.29, 1.82) is 0 Å². The predicted molar refractivity (Wildman–Crippen MR) is 94.5 cm³/mol. The molecule has 1 atom stereocenters. The fourth-order valence-electron chi connectivity index (χ4n) is 2.68. The minimum atomic E-state index is -3.79. The van der Waals surface area contributed by atoms with E-state index in [1.54, 1.807) is 18.2 Å². The topological polar surface area (TPSA) is 66.5 Å². The first-order valence-electron chi connectivity index (χ1n) is 7.48. The minimum Gasteiger partial charge on any atom is -0.304 e. The van der Waals surface area contributed by atoms with E-state index < -0.39 is 22.0 Å². The Labute approximate surface area is 148 Å². The van der Waals surface area contributed by atoms with Gasteiger partial charge in [-0.2, -0.15) is 0 Å². The summed E-state index contributed by atoms with van der Waals surface area (Å²) in [5.74, 6) is -0.399. The molecule has 0 aliphatic carbocycles. The number of carbonyl (C=O) groups is 1. The number of carbonyl (C=O) groups excluding carboxylic acids is 1. The van der Waals surface area contributed by atoms with E-state index in [4.69, 9.17) is 0 Å². The lowest BCUT2D eigenvalue weighted by atomic mass is 10.0. The van der Waals surface area contributed by atoms with Gasteiger partial charge in [0.2, 0.25) is 0 Å². The molecule has 2 aromatic rings. The van der Waals surface area contributed by atoms with E-state index in [9.17, 15) is 13.2 Å². The number of halogens is 1. The third kappa shape index (κ3) is 3.77. The normalized spacial score (nSPS) is 18.1. The van der Waals surface area contributed by atoms with E-state index in [0.717, 1.165) is 9.87 Å². The van der Waals surface area contributed by atoms with Crippen LogP contribution in [0.2, 0.25) is 0 Å². The molecule has 3 rings (SSSR count). The first-order chi connectivity index (χ1) is 11.1. The van der Waals surface area contributed by atoms with Crippen molar-refractivity contribution in [3.05, 3.63) is 66.2 Å². The minimum absolute atomic E-state index is 0. The van der Waals surface area contributed by atoms with Crippen molar-refractivity contribution in [1.82, 2.24) is 9.62 Å². The lowest BCUT2D eigenvalue weighted by Gasteiger charge is -2.32. The Bertz CT molecular complexity index is 782. The molecule has 0 aromatic heterocycles. The molecule has 2 aromatic carbocycles. The number of piperazine rings is 1. The molecule has 1 fully saturated rings. The third-order valence-corrected chi connectivity index (χ3v) is 5.67. The molecule has 5 nitrogen and oxygen atoms in total. The standard InChI is InChI=1S/C17H18N2O3S.ClH/c20-17-16(13-14-7-3-1-4-8-14)18-11-12-19(17)23(21,22)15-9-5-2-6-10-15;/h1-10,16,18H,11-13H2;1H/t16-;/m0./s1. The molecule has 1 heterocycles. The van der Waals surface area contributed by atoms with Gasteiger partial charge in [-0.1, -0.05) is 48.5 Å². The van der Waals surface area contributed by atoms with Gasteiger partial charge in [0.05, 0.1) is 10.9 Å². The van der Waals surface area contributed by atoms with Gasteiger partial charge in [0, 0.05) is 13.1 Å². The first kappa shape index (κ1) is 18.4. The molecule has 1 saturated heterocycles. The Kier molecular flexibility index (Phi) is 5.99. The second-order valence-electron chi connectivity index (χ2n) is 5.42. The predicted octanol–water partition coefficient (Wildman–Crippen LogP) is 1.84. The maximum Gasteiger partial charge on any atom is 0.266 e. The van der Waals surface area contributed by atoms with Crippen molar-refractivity contribution >= 4 is 28.3 Å². The monoisotopic (exact) mass is 366 g/mol. The highest BCUT2D eigenvalue weighted by atomic mass is 35.5. The Morgan fingerprint density at radius 1 is 1.00 bits per heavy atom. The van der Waals surface area contributed by atoms with Crippen LogP contribution in [-0.2, 0) is 21.2 Å². The molecule has 1 N–H and O–H groups in total. The van der Waals surface area contributed by atoms with Gasteiger partial charge < -0.3 is 5.32 Å². The van der Waals surface area contributed by atoms with Gasteiger partial charge >= 0.3 is 0 Å². The fraction of sp³-hybridized carbons (Fsp3) is 0.235. The molecule has 1 aliphatic rings. The van der Waals surface area contributed by atoms with Crippen LogP contribution in [0, 0.1) is 0 Å². The Morgan fingerprint density at radius 2 is 1.58 bits per heavy atom. The summed E-state index contributed by atoms with van der Waals surface area (Å²) >= 11 is 0. The lowest BCUT2D eigenvalue weighted by molar-refractivity contribution is -0.130. The summed E-state index contributed by atoms with van der Waals surface area (Å²) in [5.41, 5.74) is 0.998. The Hall–Kier alpha value is -1.89. The number of benzene rings is 2. The third-order valence-electron chi connectivity index (χ3n) is 3.86. The number of nitrogens with zero attached hydrogens (tertiary/aromatic N) is 1. The van der Waals surface area contributed by atoms with Gasteiger partial charge in [0.1, 0.15) is 0 Å². The van der Waals surface area contributed by atoms with Crippen LogP contribution >= 0.6 is 12.4 Å². The molecule has 7 heteroatoms. The van der Waals surface area contributed by atoms with Crippen LogP contribution in [0.25, 0.3) is 0 Å². The number of nitrogens with one attached hydrogen (secondary N) is 1. The molecule has 0 saturated carbocycles. The van der Waals surface area contributed by atoms with Crippen LogP contribution in [0.5, 0.6) is 0 Å². The van der Waals surface area contributed by atoms with Crippen LogP contribution in [-0.4, -0.2) is 37.8 Å². The zero-order valence-electron chi connectivity index (χ0n) is 13.0. The molecule has 24 heavy (non-hydrogen) atoms. The summed E-state index contributed by atoms with van der Waals surface area (Å²) in [6.45, 7) is 0.608. The van der Waals surface area contributed by atoms with Crippen LogP contribution in [0.3, 0.4) is 0 Å². The number of rotatable bonds is 4. The average molecular weight is 367 g/mol. The molecule has 128 valence electrons. The van der Waals surface area contributed by atoms with Crippen LogP contribution < -0.4 is 5.32 Å². The van der Waals surface area contributed by atoms with Crippen molar-refractivity contribution in [3.63, 3.8) is 0 Å². The second-order valence-corrected chi connectivity index (χ2v) is 7.29. The van der Waals surface area contributed by atoms with E-state index in [0.29, 0.717) is 13.0 Å². The van der Waals surface area contributed by atoms with Crippen molar-refractivity contribution < 1.29 is 13.2 Å². The highest BCUT2D eigenvalue weighted by Crippen LogP contribution is 2.19. The van der Waals surface area contributed by atoms with Crippen molar-refractivity contribution in [3.8, 4) is 0 Å². The van der Waals surface area contributed by atoms with Crippen molar-refractivity contribution in [2.24, 2.45) is 0 Å². The second kappa shape index (κ2) is 7.79. The zero-order chi connectivity index (χ0) is 16.3. The molecular formula is C17H19ClN2O3S. The Morgan fingerprint density at radius 3 is 2.21 bits per heavy atom. The molecule has 0 bridgehead atoms. The number of hydrogen-bond donors (Lipinski definition) is 1. The average Bonchev–Trinajstić information content (AvgIpc) is 2.58. The molecular weight excluding hydrogens is 348 g/mol. The SMILES string of the molecule is Cl.O=C1[C@H](Cc2ccccc2)NCCN1S(=O)(=O)c1ccccc1. The van der Waals surface area contributed by atoms with Crippen molar-refractivity contribution in [2.75, 3.05) is 13.1 Å². The van der Waals surface area contributed by atoms with E-state index >= 15 is 0 Å². The summed E-state index contributed by atoms with van der Waals surface area (Å²) < 4.78 is 26.3. The van der Waals surface area contributed by atoms with Gasteiger partial charge in [-0.15, -0.1) is 12.4 Å². The van der Waals surface area contributed by atoms with Crippen LogP contribution in [0.4, 0.5) is 0 Å². The van der Waals surface area contributed by atoms with Crippen molar-refractivity contribution in [2.45, 2.75) is 17.4 Å². The molecule has 0 spiro atoms. The largest absolute Gasteiger partial charge is 0.304 e. The summed E-state index contributed by atoms with van der Waals surface area (Å²) in [6, 6.07) is 17.1. The van der Waals surface area contributed by atoms with E-state index in [1.165, 1.54) is 12.1 Å². The maximum atomic E-state index is 12.7. The molecule has 0 radical (unpaired) electrons. The maximum absolute atomic E-state index is 12.7. The fourth-order valence-corrected chi connectivity index (χ4v) is 4.13. The van der Waals surface area contributed by atoms with Crippen LogP contribution in [0.1, 0.15) is 5.56 Å². The zero-order valence-corrected chi connectivity index (χ0v) is 14.6. The summed E-state index contributed by atoms with van der Waals surface area (Å²) in [5, 5.41) is 3.12. The first-order valence-corrected chi connectivity index (χ1v) is 8.92. The van der Waals surface area contributed by atoms with Gasteiger partial charge in [-0.3, -0.25) is 4.79 Å². The van der Waals surface area contributed by atoms with Crippen LogP contribution in [0.15, 0.2) is 65.6 Å². The highest BCUT2D eigenvalue weighted by molar-refractivity contribution is 7.89. The van der Waals surface area contributed by atoms with E-state index in [-0.39, 0.29) is 23.8 Å². The number of sulfonamides is 1. The van der Waals surface area contributed by atoms with Gasteiger partial charge in [0.25, 0.3) is 15.9 Å². The number of hydrogen-bond acceptors (Lipinski definition) is 4. The highest BCUT2D eigenvalue weighted by Gasteiger charge is 2.36. The lowest BCUT2D eigenvalue weighted by Crippen LogP contribution is -2.57. The van der Waals surface area contributed by atoms with Gasteiger partial charge in [-0.05, 0) is 24.1 Å². The van der Waals surface area contributed by atoms with Gasteiger partial charge in [-0.25, -0.2) is 12.7 Å². The quantitative estimate of drug-likeness (QED) is 0.896. The molecule has 1 amide bonds. The summed E-state index contributed by atoms with van der Waals surface area (Å²) in [6.07, 6.45) is 0.473. The molecule has 1 aliphatic heterocycles. The number of amides is 1. The van der Waals surface area contributed by atoms with E-state index in [1.807, 2.05) is 30.3 Å². The smallest absolute Gasteiger partial charge is 0.266 e. The van der Waals surface area contributed by atoms with Gasteiger partial charge in [0.15, 0.2) is 0 Å². The summed E-state index contributed by atoms with van der Waals surface area (Å²) in [7, 11) is -3.79. The Balaban J connectivity index is 0.00000208. The van der Waals surface area contributed by atoms with E-state index in [2.05, 4.69) is 5.32 Å². The molecule has 0 unspecified atom stereocenters. The summed E-state index contributed by atoms with van der Waals surface area (Å²) in [4.78, 5) is 12.8.